The number of hydrogen-bond acceptors (Lipinski definition) is 4. The van der Waals surface area contributed by atoms with Crippen LogP contribution in [0.25, 0.3) is 11.1 Å². The predicted molar refractivity (Wildman–Crippen MR) is 66.7 cm³/mol. The lowest BCUT2D eigenvalue weighted by molar-refractivity contribution is -0.118. The summed E-state index contributed by atoms with van der Waals surface area (Å²) in [6, 6.07) is 6.80. The molecule has 0 aliphatic carbocycles. The van der Waals surface area contributed by atoms with E-state index >= 15 is 0 Å². The summed E-state index contributed by atoms with van der Waals surface area (Å²) >= 11 is 0. The van der Waals surface area contributed by atoms with Crippen molar-refractivity contribution in [3.05, 3.63) is 36.7 Å². The number of carbonyl (C=O) groups is 1. The molecule has 0 aliphatic heterocycles. The van der Waals surface area contributed by atoms with Crippen molar-refractivity contribution in [2.75, 3.05) is 0 Å². The number of nitrogens with zero attached hydrogens (tertiary/aromatic N) is 2. The van der Waals surface area contributed by atoms with Crippen molar-refractivity contribution < 1.29 is 14.8 Å². The summed E-state index contributed by atoms with van der Waals surface area (Å²) in [5.41, 5.74) is 7.03. The highest BCUT2D eigenvalue weighted by Gasteiger charge is 2.12. The third-order valence-electron chi connectivity index (χ3n) is 2.47. The minimum absolute atomic E-state index is 0.0162. The maximum absolute atomic E-state index is 10.8. The number of nitrogens with two attached hydrogens (primary N) is 1. The van der Waals surface area contributed by atoms with Gasteiger partial charge in [-0.15, -0.1) is 0 Å². The minimum atomic E-state index is -1.51. The van der Waals surface area contributed by atoms with Crippen LogP contribution >= 0.6 is 0 Å². The first-order valence-electron chi connectivity index (χ1n) is 5.33. The first-order valence-corrected chi connectivity index (χ1v) is 5.33. The zero-order chi connectivity index (χ0) is 13.1. The maximum Gasteiger partial charge on any atom is 0.488 e. The van der Waals surface area contributed by atoms with E-state index in [1.807, 2.05) is 6.07 Å². The summed E-state index contributed by atoms with van der Waals surface area (Å²) in [4.78, 5) is 10.8. The van der Waals surface area contributed by atoms with Gasteiger partial charge in [0.05, 0.1) is 6.20 Å². The smallest absolute Gasteiger partial charge is 0.423 e. The predicted octanol–water partition coefficient (Wildman–Crippen LogP) is -1.28. The number of benzene rings is 1. The van der Waals surface area contributed by atoms with Gasteiger partial charge in [-0.1, -0.05) is 24.3 Å². The molecule has 92 valence electrons. The fourth-order valence-electron chi connectivity index (χ4n) is 1.64. The van der Waals surface area contributed by atoms with Crippen molar-refractivity contribution in [3.8, 4) is 11.1 Å². The van der Waals surface area contributed by atoms with E-state index in [9.17, 15) is 4.79 Å². The van der Waals surface area contributed by atoms with Crippen LogP contribution in [0, 0.1) is 0 Å². The second-order valence-corrected chi connectivity index (χ2v) is 3.89. The van der Waals surface area contributed by atoms with Gasteiger partial charge >= 0.3 is 7.12 Å². The number of carbonyl (C=O) groups excluding carboxylic acids is 1. The molecule has 1 amide bonds. The molecule has 6 nitrogen and oxygen atoms in total. The van der Waals surface area contributed by atoms with E-state index in [0.717, 1.165) is 11.1 Å². The molecule has 7 heteroatoms. The number of aromatic nitrogens is 2. The average Bonchev–Trinajstić information content (AvgIpc) is 2.77. The molecule has 1 aromatic heterocycles. The molecule has 0 bridgehead atoms. The van der Waals surface area contributed by atoms with Crippen molar-refractivity contribution in [2.24, 2.45) is 5.73 Å². The number of hydrogen-bond donors (Lipinski definition) is 3. The van der Waals surface area contributed by atoms with Crippen molar-refractivity contribution in [2.45, 2.75) is 6.54 Å². The minimum Gasteiger partial charge on any atom is -0.423 e. The van der Waals surface area contributed by atoms with E-state index in [1.165, 1.54) is 4.68 Å². The quantitative estimate of drug-likeness (QED) is 0.583. The molecule has 0 aliphatic rings. The van der Waals surface area contributed by atoms with Crippen molar-refractivity contribution >= 4 is 18.5 Å². The van der Waals surface area contributed by atoms with E-state index < -0.39 is 13.0 Å². The summed E-state index contributed by atoms with van der Waals surface area (Å²) in [6.07, 6.45) is 3.26. The van der Waals surface area contributed by atoms with Gasteiger partial charge in [-0.05, 0) is 11.0 Å². The van der Waals surface area contributed by atoms with E-state index in [1.54, 1.807) is 30.6 Å². The Morgan fingerprint density at radius 3 is 2.83 bits per heavy atom. The fraction of sp³-hybridized carbons (Fsp3) is 0.0909. The summed E-state index contributed by atoms with van der Waals surface area (Å²) in [7, 11) is -1.51. The Labute approximate surface area is 104 Å². The highest BCUT2D eigenvalue weighted by molar-refractivity contribution is 6.58. The Balaban J connectivity index is 2.28. The monoisotopic (exact) mass is 245 g/mol. The van der Waals surface area contributed by atoms with E-state index in [2.05, 4.69) is 5.10 Å². The molecule has 0 spiro atoms. The molecule has 4 N–H and O–H groups in total. The SMILES string of the molecule is NC(=O)Cn1cc(-c2cccc(B(O)O)c2)cn1. The summed E-state index contributed by atoms with van der Waals surface area (Å²) in [5.74, 6) is -0.468. The van der Waals surface area contributed by atoms with Gasteiger partial charge in [0.25, 0.3) is 0 Å². The second kappa shape index (κ2) is 5.03. The third-order valence-corrected chi connectivity index (χ3v) is 2.47. The second-order valence-electron chi connectivity index (χ2n) is 3.89. The zero-order valence-corrected chi connectivity index (χ0v) is 9.52. The Hall–Kier alpha value is -2.12. The lowest BCUT2D eigenvalue weighted by Crippen LogP contribution is -2.29. The highest BCUT2D eigenvalue weighted by Crippen LogP contribution is 2.16. The van der Waals surface area contributed by atoms with Crippen LogP contribution in [0.1, 0.15) is 0 Å². The molecule has 0 fully saturated rings. The number of amides is 1. The largest absolute Gasteiger partial charge is 0.488 e. The van der Waals surface area contributed by atoms with Crippen LogP contribution in [0.15, 0.2) is 36.7 Å². The average molecular weight is 245 g/mol. The molecule has 0 unspecified atom stereocenters. The van der Waals surface area contributed by atoms with Gasteiger partial charge in [0.1, 0.15) is 6.54 Å². The molecule has 18 heavy (non-hydrogen) atoms. The molecule has 1 aromatic carbocycles. The van der Waals surface area contributed by atoms with E-state index in [-0.39, 0.29) is 6.54 Å². The molecule has 2 rings (SSSR count). The number of primary amides is 1. The zero-order valence-electron chi connectivity index (χ0n) is 9.52. The first kappa shape index (κ1) is 12.3. The summed E-state index contributed by atoms with van der Waals surface area (Å²) < 4.78 is 1.43. The molecule has 0 saturated heterocycles. The van der Waals surface area contributed by atoms with Crippen molar-refractivity contribution in [1.29, 1.82) is 0 Å². The molecule has 0 atom stereocenters. The van der Waals surface area contributed by atoms with Gasteiger partial charge < -0.3 is 15.8 Å². The van der Waals surface area contributed by atoms with Crippen LogP contribution in [-0.2, 0) is 11.3 Å². The Morgan fingerprint density at radius 2 is 2.17 bits per heavy atom. The Kier molecular flexibility index (Phi) is 3.45. The van der Waals surface area contributed by atoms with Gasteiger partial charge in [-0.25, -0.2) is 0 Å². The van der Waals surface area contributed by atoms with Crippen LogP contribution in [0.4, 0.5) is 0 Å². The molecule has 0 radical (unpaired) electrons. The van der Waals surface area contributed by atoms with Gasteiger partial charge in [0.15, 0.2) is 0 Å². The highest BCUT2D eigenvalue weighted by atomic mass is 16.4. The molecule has 1 heterocycles. The molecular weight excluding hydrogens is 233 g/mol. The van der Waals surface area contributed by atoms with Crippen molar-refractivity contribution in [3.63, 3.8) is 0 Å². The lowest BCUT2D eigenvalue weighted by Gasteiger charge is -2.02. The van der Waals surface area contributed by atoms with E-state index in [0.29, 0.717) is 5.46 Å². The maximum atomic E-state index is 10.8. The summed E-state index contributed by atoms with van der Waals surface area (Å²) in [5, 5.41) is 22.2. The van der Waals surface area contributed by atoms with Crippen molar-refractivity contribution in [1.82, 2.24) is 9.78 Å². The summed E-state index contributed by atoms with van der Waals surface area (Å²) in [6.45, 7) is 0.0162. The molecule has 2 aromatic rings. The van der Waals surface area contributed by atoms with Gasteiger partial charge in [-0.3, -0.25) is 9.48 Å². The third kappa shape index (κ3) is 2.76. The first-order chi connectivity index (χ1) is 8.56. The molecule has 0 saturated carbocycles. The van der Waals surface area contributed by atoms with Crippen LogP contribution in [0.3, 0.4) is 0 Å². The van der Waals surface area contributed by atoms with Crippen LogP contribution in [0.2, 0.25) is 0 Å². The topological polar surface area (TPSA) is 101 Å². The lowest BCUT2D eigenvalue weighted by atomic mass is 9.79. The van der Waals surface area contributed by atoms with Crippen LogP contribution < -0.4 is 11.2 Å². The van der Waals surface area contributed by atoms with Crippen LogP contribution in [0.5, 0.6) is 0 Å². The normalized spacial score (nSPS) is 10.3. The number of rotatable bonds is 4. The van der Waals surface area contributed by atoms with Gasteiger partial charge in [-0.2, -0.15) is 5.10 Å². The Morgan fingerprint density at radius 1 is 1.39 bits per heavy atom. The van der Waals surface area contributed by atoms with Gasteiger partial charge in [0.2, 0.25) is 5.91 Å². The Bertz CT molecular complexity index is 568. The fourth-order valence-corrected chi connectivity index (χ4v) is 1.64. The van der Waals surface area contributed by atoms with Gasteiger partial charge in [0, 0.05) is 11.8 Å². The molecular formula is C11H12BN3O3. The standard InChI is InChI=1S/C11H12BN3O3/c13-11(16)7-15-6-9(5-14-15)8-2-1-3-10(4-8)12(17)18/h1-6,17-18H,7H2,(H2,13,16). The van der Waals surface area contributed by atoms with Crippen LogP contribution in [-0.4, -0.2) is 32.9 Å². The van der Waals surface area contributed by atoms with E-state index in [4.69, 9.17) is 15.8 Å².